The lowest BCUT2D eigenvalue weighted by Gasteiger charge is -2.14. The second kappa shape index (κ2) is 8.63. The van der Waals surface area contributed by atoms with Gasteiger partial charge < -0.3 is 5.32 Å². The molecule has 0 radical (unpaired) electrons. The number of hydrogen-bond donors (Lipinski definition) is 1. The van der Waals surface area contributed by atoms with Crippen LogP contribution in [-0.4, -0.2) is 15.0 Å². The third-order valence-electron chi connectivity index (χ3n) is 5.35. The molecule has 0 bridgehead atoms. The lowest BCUT2D eigenvalue weighted by molar-refractivity contribution is -0.116. The number of nitrogens with one attached hydrogen (secondary N) is 1. The fourth-order valence-electron chi connectivity index (χ4n) is 3.55. The summed E-state index contributed by atoms with van der Waals surface area (Å²) in [6.07, 6.45) is 0. The number of para-hydroxylation sites is 1. The minimum Gasteiger partial charge on any atom is -0.324 e. The molecule has 0 aliphatic rings. The highest BCUT2D eigenvalue weighted by molar-refractivity contribution is 5.91. The number of benzene rings is 3. The third-order valence-corrected chi connectivity index (χ3v) is 5.35. The fourth-order valence-corrected chi connectivity index (χ4v) is 3.55. The van der Waals surface area contributed by atoms with Crippen molar-refractivity contribution in [1.82, 2.24) is 9.13 Å². The van der Waals surface area contributed by atoms with Crippen LogP contribution in [0.2, 0.25) is 0 Å². The summed E-state index contributed by atoms with van der Waals surface area (Å²) in [4.78, 5) is 39.0. The Balaban J connectivity index is 1.73. The van der Waals surface area contributed by atoms with Crippen LogP contribution in [0.4, 0.5) is 10.1 Å². The summed E-state index contributed by atoms with van der Waals surface area (Å²) in [5.41, 5.74) is 2.00. The maximum atomic E-state index is 13.8. The topological polar surface area (TPSA) is 73.1 Å². The second-order valence-electron chi connectivity index (χ2n) is 7.77. The van der Waals surface area contributed by atoms with Crippen LogP contribution in [0.15, 0.2) is 76.3 Å². The van der Waals surface area contributed by atoms with Crippen molar-refractivity contribution in [1.29, 1.82) is 0 Å². The number of fused-ring (bicyclic) bond motifs is 1. The van der Waals surface area contributed by atoms with Crippen LogP contribution in [0.25, 0.3) is 10.9 Å². The number of rotatable bonds is 5. The average Bonchev–Trinajstić information content (AvgIpc) is 2.78. The molecule has 1 amide bonds. The molecule has 0 saturated carbocycles. The van der Waals surface area contributed by atoms with Crippen molar-refractivity contribution in [2.75, 3.05) is 5.32 Å². The number of anilines is 1. The van der Waals surface area contributed by atoms with Crippen LogP contribution in [-0.2, 0) is 17.9 Å². The zero-order chi connectivity index (χ0) is 22.8. The summed E-state index contributed by atoms with van der Waals surface area (Å²) in [7, 11) is 0. The summed E-state index contributed by atoms with van der Waals surface area (Å²) in [6.45, 7) is 3.36. The zero-order valence-electron chi connectivity index (χ0n) is 17.8. The van der Waals surface area contributed by atoms with Gasteiger partial charge >= 0.3 is 5.69 Å². The predicted octanol–water partition coefficient (Wildman–Crippen LogP) is 3.61. The Bertz CT molecular complexity index is 1440. The molecule has 1 heterocycles. The van der Waals surface area contributed by atoms with Crippen LogP contribution in [0.5, 0.6) is 0 Å². The number of nitrogens with zero attached hydrogens (tertiary/aromatic N) is 2. The van der Waals surface area contributed by atoms with Gasteiger partial charge in [-0.25, -0.2) is 9.18 Å². The van der Waals surface area contributed by atoms with Crippen molar-refractivity contribution in [3.8, 4) is 0 Å². The Morgan fingerprint density at radius 3 is 2.38 bits per heavy atom. The van der Waals surface area contributed by atoms with Crippen molar-refractivity contribution in [2.45, 2.75) is 26.9 Å². The molecule has 0 spiro atoms. The minimum atomic E-state index is -0.584. The van der Waals surface area contributed by atoms with Gasteiger partial charge in [0.25, 0.3) is 5.56 Å². The Morgan fingerprint density at radius 2 is 1.66 bits per heavy atom. The predicted molar refractivity (Wildman–Crippen MR) is 123 cm³/mol. The van der Waals surface area contributed by atoms with Gasteiger partial charge in [-0.05, 0) is 49.2 Å². The first-order valence-corrected chi connectivity index (χ1v) is 10.2. The van der Waals surface area contributed by atoms with Crippen LogP contribution < -0.4 is 16.6 Å². The van der Waals surface area contributed by atoms with E-state index < -0.39 is 23.0 Å². The van der Waals surface area contributed by atoms with E-state index in [0.29, 0.717) is 22.2 Å². The molecule has 6 nitrogen and oxygen atoms in total. The molecule has 4 aromatic rings. The van der Waals surface area contributed by atoms with E-state index in [1.54, 1.807) is 43.3 Å². The molecule has 0 fully saturated rings. The summed E-state index contributed by atoms with van der Waals surface area (Å²) in [5.74, 6) is -0.932. The molecule has 0 aliphatic heterocycles. The number of aryl methyl sites for hydroxylation is 2. The van der Waals surface area contributed by atoms with E-state index in [4.69, 9.17) is 0 Å². The Hall–Kier alpha value is -4.00. The first-order valence-electron chi connectivity index (χ1n) is 10.2. The molecule has 0 atom stereocenters. The molecular weight excluding hydrogens is 409 g/mol. The number of carbonyl (C=O) groups excluding carboxylic acids is 1. The first-order chi connectivity index (χ1) is 15.3. The highest BCUT2D eigenvalue weighted by atomic mass is 19.1. The molecule has 4 rings (SSSR count). The van der Waals surface area contributed by atoms with Gasteiger partial charge in [-0.2, -0.15) is 0 Å². The molecular formula is C25H22FN3O3. The van der Waals surface area contributed by atoms with Crippen molar-refractivity contribution in [3.05, 3.63) is 110 Å². The van der Waals surface area contributed by atoms with Crippen LogP contribution in [0.1, 0.15) is 16.7 Å². The minimum absolute atomic E-state index is 0.0908. The molecule has 0 unspecified atom stereocenters. The van der Waals surface area contributed by atoms with Gasteiger partial charge in [-0.3, -0.25) is 18.7 Å². The lowest BCUT2D eigenvalue weighted by atomic mass is 10.1. The Morgan fingerprint density at radius 1 is 0.938 bits per heavy atom. The van der Waals surface area contributed by atoms with E-state index in [-0.39, 0.29) is 13.1 Å². The van der Waals surface area contributed by atoms with Crippen LogP contribution in [0, 0.1) is 19.7 Å². The summed E-state index contributed by atoms with van der Waals surface area (Å²) in [5, 5.41) is 2.96. The van der Waals surface area contributed by atoms with E-state index in [1.807, 2.05) is 31.2 Å². The van der Waals surface area contributed by atoms with E-state index in [1.165, 1.54) is 10.6 Å². The van der Waals surface area contributed by atoms with Gasteiger partial charge in [-0.15, -0.1) is 0 Å². The summed E-state index contributed by atoms with van der Waals surface area (Å²) in [6, 6.07) is 18.6. The smallest absolute Gasteiger partial charge is 0.324 e. The van der Waals surface area contributed by atoms with Crippen LogP contribution in [0.3, 0.4) is 0 Å². The number of carbonyl (C=O) groups is 1. The number of hydrogen-bond acceptors (Lipinski definition) is 3. The molecule has 7 heteroatoms. The average molecular weight is 431 g/mol. The summed E-state index contributed by atoms with van der Waals surface area (Å²) >= 11 is 0. The van der Waals surface area contributed by atoms with Gasteiger partial charge in [0.1, 0.15) is 12.4 Å². The first kappa shape index (κ1) is 21.2. The van der Waals surface area contributed by atoms with Gasteiger partial charge in [0.2, 0.25) is 5.91 Å². The SMILES string of the molecule is Cc1ccc(Cn2c(=O)c3ccccc3n(CC(=O)Nc3ccc(C)c(F)c3)c2=O)cc1. The largest absolute Gasteiger partial charge is 0.332 e. The van der Waals surface area contributed by atoms with Crippen molar-refractivity contribution in [2.24, 2.45) is 0 Å². The molecule has 3 aromatic carbocycles. The quantitative estimate of drug-likeness (QED) is 0.525. The van der Waals surface area contributed by atoms with Crippen LogP contribution >= 0.6 is 0 Å². The summed E-state index contributed by atoms with van der Waals surface area (Å²) < 4.78 is 16.2. The Kier molecular flexibility index (Phi) is 5.73. The third kappa shape index (κ3) is 4.23. The number of aromatic nitrogens is 2. The van der Waals surface area contributed by atoms with Crippen molar-refractivity contribution in [3.63, 3.8) is 0 Å². The maximum absolute atomic E-state index is 13.8. The van der Waals surface area contributed by atoms with Gasteiger partial charge in [0.15, 0.2) is 0 Å². The molecule has 0 saturated heterocycles. The maximum Gasteiger partial charge on any atom is 0.332 e. The van der Waals surface area contributed by atoms with E-state index in [2.05, 4.69) is 5.32 Å². The van der Waals surface area contributed by atoms with E-state index >= 15 is 0 Å². The van der Waals surface area contributed by atoms with Gasteiger partial charge in [-0.1, -0.05) is 48.0 Å². The molecule has 1 aromatic heterocycles. The normalized spacial score (nSPS) is 11.0. The molecule has 162 valence electrons. The van der Waals surface area contributed by atoms with Crippen molar-refractivity contribution >= 4 is 22.5 Å². The molecule has 1 N–H and O–H groups in total. The van der Waals surface area contributed by atoms with Gasteiger partial charge in [0, 0.05) is 5.69 Å². The lowest BCUT2D eigenvalue weighted by Crippen LogP contribution is -2.42. The highest BCUT2D eigenvalue weighted by Gasteiger charge is 2.16. The monoisotopic (exact) mass is 431 g/mol. The van der Waals surface area contributed by atoms with Gasteiger partial charge in [0.05, 0.1) is 17.4 Å². The number of amides is 1. The second-order valence-corrected chi connectivity index (χ2v) is 7.77. The Labute approximate surface area is 183 Å². The fraction of sp³-hybridized carbons (Fsp3) is 0.160. The van der Waals surface area contributed by atoms with Crippen molar-refractivity contribution < 1.29 is 9.18 Å². The highest BCUT2D eigenvalue weighted by Crippen LogP contribution is 2.14. The zero-order valence-corrected chi connectivity index (χ0v) is 17.8. The van der Waals surface area contributed by atoms with E-state index in [9.17, 15) is 18.8 Å². The molecule has 0 aliphatic carbocycles. The standard InChI is InChI=1S/C25H22FN3O3/c1-16-7-10-18(11-8-16)14-29-24(31)20-5-3-4-6-22(20)28(25(29)32)15-23(30)27-19-12-9-17(2)21(26)13-19/h3-13H,14-15H2,1-2H3,(H,27,30). The van der Waals surface area contributed by atoms with E-state index in [0.717, 1.165) is 15.7 Å². The number of halogens is 1. The molecule has 32 heavy (non-hydrogen) atoms.